The highest BCUT2D eigenvalue weighted by Crippen LogP contribution is 2.21. The molecule has 0 bridgehead atoms. The van der Waals surface area contributed by atoms with Crippen LogP contribution in [0.5, 0.6) is 0 Å². The largest absolute Gasteiger partial charge is 0.363 e. The van der Waals surface area contributed by atoms with Crippen LogP contribution in [0, 0.1) is 0 Å². The van der Waals surface area contributed by atoms with Gasteiger partial charge in [-0.3, -0.25) is 4.55 Å². The van der Waals surface area contributed by atoms with Crippen molar-refractivity contribution in [3.63, 3.8) is 0 Å². The van der Waals surface area contributed by atoms with Crippen LogP contribution in [0.2, 0.25) is 0 Å². The fourth-order valence-electron chi connectivity index (χ4n) is 1.03. The second kappa shape index (κ2) is 4.53. The first kappa shape index (κ1) is 11.8. The van der Waals surface area contributed by atoms with Gasteiger partial charge in [0.25, 0.3) is 0 Å². The molecule has 78 valence electrons. The summed E-state index contributed by atoms with van der Waals surface area (Å²) >= 11 is 1.44. The Labute approximate surface area is 94.9 Å². The van der Waals surface area contributed by atoms with Gasteiger partial charge in [-0.25, -0.2) is 0 Å². The molecule has 0 aromatic heterocycles. The maximum Gasteiger partial charge on any atom is 0.363 e. The second-order valence-corrected chi connectivity index (χ2v) is 5.32. The summed E-state index contributed by atoms with van der Waals surface area (Å²) in [6.07, 6.45) is 0. The van der Waals surface area contributed by atoms with Crippen molar-refractivity contribution in [2.24, 2.45) is 0 Å². The van der Waals surface area contributed by atoms with E-state index in [1.54, 1.807) is 14.1 Å². The fraction of sp³-hybridized carbons (Fsp3) is 0.333. The van der Waals surface area contributed by atoms with Crippen LogP contribution in [0.1, 0.15) is 5.56 Å². The van der Waals surface area contributed by atoms with Gasteiger partial charge in [0.1, 0.15) is 5.69 Å². The van der Waals surface area contributed by atoms with Crippen LogP contribution in [-0.4, -0.2) is 22.9 Å². The van der Waals surface area contributed by atoms with Crippen LogP contribution < -0.4 is 3.89 Å². The molecule has 0 saturated heterocycles. The Bertz CT molecular complexity index is 337. The first-order valence-corrected chi connectivity index (χ1v) is 6.28. The molecule has 1 aromatic rings. The number of alkyl halides is 1. The molecule has 14 heavy (non-hydrogen) atoms. The summed E-state index contributed by atoms with van der Waals surface area (Å²) in [5.74, 6) is 0. The molecule has 0 radical (unpaired) electrons. The average Bonchev–Trinajstić information content (AvgIpc) is 2.17. The maximum absolute atomic E-state index is 11.1. The number of rotatable bonds is 3. The first-order valence-electron chi connectivity index (χ1n) is 4.09. The molecule has 0 amide bonds. The zero-order chi connectivity index (χ0) is 10.8. The number of hydrogen-bond acceptors (Lipinski definition) is 1. The second-order valence-electron chi connectivity index (χ2n) is 3.38. The van der Waals surface area contributed by atoms with Gasteiger partial charge in [-0.05, 0) is 5.56 Å². The van der Waals surface area contributed by atoms with Crippen LogP contribution >= 0.6 is 15.9 Å². The van der Waals surface area contributed by atoms with E-state index >= 15 is 0 Å². The van der Waals surface area contributed by atoms with Gasteiger partial charge in [0, 0.05) is 17.5 Å². The van der Waals surface area contributed by atoms with Crippen molar-refractivity contribution in [3.8, 4) is 0 Å². The van der Waals surface area contributed by atoms with Gasteiger partial charge in [-0.1, -0.05) is 28.1 Å². The van der Waals surface area contributed by atoms with E-state index in [9.17, 15) is 4.21 Å². The van der Waals surface area contributed by atoms with Gasteiger partial charge < -0.3 is 0 Å². The Kier molecular flexibility index (Phi) is 3.83. The molecule has 5 heteroatoms. The highest BCUT2D eigenvalue weighted by Gasteiger charge is 2.26. The van der Waals surface area contributed by atoms with Crippen molar-refractivity contribution in [2.75, 3.05) is 14.1 Å². The van der Waals surface area contributed by atoms with Crippen LogP contribution in [0.15, 0.2) is 24.3 Å². The zero-order valence-corrected chi connectivity index (χ0v) is 10.5. The minimum absolute atomic E-state index is 0.0391. The van der Waals surface area contributed by atoms with Crippen molar-refractivity contribution in [3.05, 3.63) is 29.8 Å². The highest BCUT2D eigenvalue weighted by molar-refractivity contribution is 9.08. The lowest BCUT2D eigenvalue weighted by atomic mass is 10.2. The Morgan fingerprint density at radius 2 is 1.86 bits per heavy atom. The predicted molar refractivity (Wildman–Crippen MR) is 63.5 cm³/mol. The van der Waals surface area contributed by atoms with E-state index < -0.39 is 11.3 Å². The molecule has 1 unspecified atom stereocenters. The summed E-state index contributed by atoms with van der Waals surface area (Å²) in [7, 11) is 3.39. The Balaban J connectivity index is 3.02. The minimum atomic E-state index is -1.91. The van der Waals surface area contributed by atoms with Gasteiger partial charge in [0.15, 0.2) is 0 Å². The Morgan fingerprint density at radius 3 is 2.21 bits per heavy atom. The van der Waals surface area contributed by atoms with Gasteiger partial charge in [0.05, 0.1) is 14.1 Å². The van der Waals surface area contributed by atoms with E-state index in [0.717, 1.165) is 16.6 Å². The lowest BCUT2D eigenvalue weighted by Crippen LogP contribution is -2.41. The van der Waals surface area contributed by atoms with E-state index in [0.29, 0.717) is 0 Å². The predicted octanol–water partition coefficient (Wildman–Crippen LogP) is 2.29. The summed E-state index contributed by atoms with van der Waals surface area (Å²) in [6.45, 7) is 0. The van der Waals surface area contributed by atoms with Gasteiger partial charge in [0.2, 0.25) is 0 Å². The van der Waals surface area contributed by atoms with Crippen molar-refractivity contribution in [1.29, 1.82) is 0 Å². The van der Waals surface area contributed by atoms with E-state index in [-0.39, 0.29) is 3.89 Å². The van der Waals surface area contributed by atoms with E-state index in [2.05, 4.69) is 15.9 Å². The standard InChI is InChI=1S/C9H12BrNO2S/c1-11(2,14(12)13)9-5-3-8(7-10)4-6-9/h3-6H,7H2,1-2H3/p+1. The quantitative estimate of drug-likeness (QED) is 0.523. The lowest BCUT2D eigenvalue weighted by molar-refractivity contribution is 0.484. The molecular formula is C9H13BrNO2S+. The minimum Gasteiger partial charge on any atom is -0.260 e. The molecule has 0 fully saturated rings. The highest BCUT2D eigenvalue weighted by atomic mass is 79.9. The number of nitrogens with zero attached hydrogens (tertiary/aromatic N) is 1. The van der Waals surface area contributed by atoms with Crippen molar-refractivity contribution in [2.45, 2.75) is 5.33 Å². The molecule has 1 aromatic carbocycles. The number of halogens is 1. The van der Waals surface area contributed by atoms with Crippen molar-refractivity contribution < 1.29 is 8.76 Å². The molecule has 0 heterocycles. The van der Waals surface area contributed by atoms with Gasteiger partial charge in [-0.2, -0.15) is 8.10 Å². The van der Waals surface area contributed by atoms with E-state index in [4.69, 9.17) is 4.55 Å². The molecule has 0 aliphatic rings. The molecular weight excluding hydrogens is 266 g/mol. The van der Waals surface area contributed by atoms with Crippen molar-refractivity contribution >= 4 is 32.9 Å². The molecule has 1 N–H and O–H groups in total. The number of benzene rings is 1. The summed E-state index contributed by atoms with van der Waals surface area (Å²) in [4.78, 5) is 0. The summed E-state index contributed by atoms with van der Waals surface area (Å²) < 4.78 is 20.1. The third-order valence-electron chi connectivity index (χ3n) is 2.10. The smallest absolute Gasteiger partial charge is 0.260 e. The Hall–Kier alpha value is -0.230. The molecule has 0 aliphatic heterocycles. The summed E-state index contributed by atoms with van der Waals surface area (Å²) in [5, 5.41) is 0.795. The Morgan fingerprint density at radius 1 is 1.36 bits per heavy atom. The molecule has 0 spiro atoms. The van der Waals surface area contributed by atoms with Crippen LogP contribution in [0.4, 0.5) is 5.69 Å². The van der Waals surface area contributed by atoms with Crippen molar-refractivity contribution in [1.82, 2.24) is 3.89 Å². The lowest BCUT2D eigenvalue weighted by Gasteiger charge is -2.22. The third-order valence-corrected chi connectivity index (χ3v) is 3.74. The van der Waals surface area contributed by atoms with Crippen LogP contribution in [-0.2, 0) is 16.6 Å². The van der Waals surface area contributed by atoms with Crippen LogP contribution in [0.3, 0.4) is 0 Å². The monoisotopic (exact) mass is 278 g/mol. The molecule has 1 rings (SSSR count). The zero-order valence-electron chi connectivity index (χ0n) is 8.11. The number of quaternary nitrogens is 1. The first-order chi connectivity index (χ1) is 6.48. The topological polar surface area (TPSA) is 37.3 Å². The SMILES string of the molecule is C[N+](C)(c1ccc(CBr)cc1)S(=O)O. The molecule has 3 nitrogen and oxygen atoms in total. The van der Waals surface area contributed by atoms with E-state index in [1.165, 1.54) is 0 Å². The third kappa shape index (κ3) is 2.42. The summed E-state index contributed by atoms with van der Waals surface area (Å²) in [5.41, 5.74) is 1.97. The fourth-order valence-corrected chi connectivity index (χ4v) is 1.71. The summed E-state index contributed by atoms with van der Waals surface area (Å²) in [6, 6.07) is 7.61. The van der Waals surface area contributed by atoms with E-state index in [1.807, 2.05) is 24.3 Å². The molecule has 1 atom stereocenters. The average molecular weight is 279 g/mol. The molecule has 0 aliphatic carbocycles. The van der Waals surface area contributed by atoms with Gasteiger partial charge in [-0.15, -0.1) is 0 Å². The van der Waals surface area contributed by atoms with Crippen LogP contribution in [0.25, 0.3) is 0 Å². The maximum atomic E-state index is 11.1. The number of hydrogen-bond donors (Lipinski definition) is 1. The normalized spacial score (nSPS) is 14.0. The van der Waals surface area contributed by atoms with Gasteiger partial charge >= 0.3 is 11.3 Å². The molecule has 0 saturated carbocycles.